The number of benzene rings is 1. The van der Waals surface area contributed by atoms with Gasteiger partial charge in [0.05, 0.1) is 12.1 Å². The number of nitrogens with one attached hydrogen (secondary N) is 2. The number of guanidine groups is 1. The summed E-state index contributed by atoms with van der Waals surface area (Å²) in [4.78, 5) is 4.70. The highest BCUT2D eigenvalue weighted by Crippen LogP contribution is 2.29. The fraction of sp³-hybridized carbons (Fsp3) is 0.267. The van der Waals surface area contributed by atoms with Crippen molar-refractivity contribution in [3.8, 4) is 0 Å². The second-order valence-corrected chi connectivity index (χ2v) is 8.20. The second kappa shape index (κ2) is 9.71. The minimum atomic E-state index is -4.39. The maximum Gasteiger partial charge on any atom is 0.416 e. The third-order valence-electron chi connectivity index (χ3n) is 3.29. The summed E-state index contributed by atoms with van der Waals surface area (Å²) in [6.07, 6.45) is -4.39. The fourth-order valence-electron chi connectivity index (χ4n) is 2.04. The van der Waals surface area contributed by atoms with Gasteiger partial charge in [-0.2, -0.15) is 13.2 Å². The van der Waals surface area contributed by atoms with Gasteiger partial charge in [-0.1, -0.05) is 12.1 Å². The average molecular weight is 534 g/mol. The number of hydrogen-bond donors (Lipinski definition) is 3. The van der Waals surface area contributed by atoms with Crippen LogP contribution in [-0.2, 0) is 29.3 Å². The van der Waals surface area contributed by atoms with Gasteiger partial charge in [-0.15, -0.1) is 35.3 Å². The second-order valence-electron chi connectivity index (χ2n) is 5.24. The fourth-order valence-corrected chi connectivity index (χ4v) is 3.76. The molecule has 6 nitrogen and oxygen atoms in total. The highest BCUT2D eigenvalue weighted by molar-refractivity contribution is 14.0. The monoisotopic (exact) mass is 534 g/mol. The molecule has 27 heavy (non-hydrogen) atoms. The van der Waals surface area contributed by atoms with Crippen LogP contribution in [0.3, 0.4) is 0 Å². The Morgan fingerprint density at radius 1 is 1.19 bits per heavy atom. The first-order chi connectivity index (χ1) is 12.1. The van der Waals surface area contributed by atoms with Crippen molar-refractivity contribution in [2.45, 2.75) is 23.5 Å². The van der Waals surface area contributed by atoms with Crippen LogP contribution in [0.15, 0.2) is 45.6 Å². The van der Waals surface area contributed by atoms with Crippen molar-refractivity contribution >= 4 is 51.3 Å². The first-order valence-electron chi connectivity index (χ1n) is 7.32. The van der Waals surface area contributed by atoms with Gasteiger partial charge in [-0.25, -0.2) is 13.6 Å². The molecule has 0 radical (unpaired) electrons. The first-order valence-corrected chi connectivity index (χ1v) is 9.68. The van der Waals surface area contributed by atoms with Gasteiger partial charge in [0.1, 0.15) is 4.21 Å². The highest BCUT2D eigenvalue weighted by Gasteiger charge is 2.30. The molecule has 1 aromatic carbocycles. The molecule has 0 aliphatic carbocycles. The lowest BCUT2D eigenvalue weighted by Crippen LogP contribution is -2.36. The lowest BCUT2D eigenvalue weighted by Gasteiger charge is -2.12. The topological polar surface area (TPSA) is 96.6 Å². The quantitative estimate of drug-likeness (QED) is 0.313. The molecule has 0 unspecified atom stereocenters. The van der Waals surface area contributed by atoms with Crippen molar-refractivity contribution in [1.29, 1.82) is 0 Å². The van der Waals surface area contributed by atoms with E-state index < -0.39 is 21.8 Å². The van der Waals surface area contributed by atoms with E-state index in [1.165, 1.54) is 19.2 Å². The zero-order chi connectivity index (χ0) is 19.4. The molecule has 0 aliphatic rings. The van der Waals surface area contributed by atoms with Gasteiger partial charge in [0, 0.05) is 18.5 Å². The third kappa shape index (κ3) is 7.27. The molecule has 1 aromatic heterocycles. The largest absolute Gasteiger partial charge is 0.416 e. The molecule has 0 saturated heterocycles. The Bertz CT molecular complexity index is 898. The van der Waals surface area contributed by atoms with Crippen LogP contribution >= 0.6 is 35.3 Å². The van der Waals surface area contributed by atoms with Gasteiger partial charge in [0.25, 0.3) is 0 Å². The SMILES string of the molecule is CN=C(NCc1cccc(C(F)(F)F)c1)NCc1ccc(S(N)(=O)=O)s1.I. The van der Waals surface area contributed by atoms with Crippen molar-refractivity contribution in [2.75, 3.05) is 7.05 Å². The van der Waals surface area contributed by atoms with Gasteiger partial charge in [-0.3, -0.25) is 4.99 Å². The van der Waals surface area contributed by atoms with E-state index in [0.29, 0.717) is 18.1 Å². The number of thiophene rings is 1. The number of primary sulfonamides is 1. The predicted molar refractivity (Wildman–Crippen MR) is 110 cm³/mol. The van der Waals surface area contributed by atoms with Crippen LogP contribution in [-0.4, -0.2) is 21.4 Å². The lowest BCUT2D eigenvalue weighted by atomic mass is 10.1. The molecule has 0 amide bonds. The number of aliphatic imine (C=N–C) groups is 1. The summed E-state index contributed by atoms with van der Waals surface area (Å²) >= 11 is 1.03. The van der Waals surface area contributed by atoms with Crippen molar-refractivity contribution in [3.05, 3.63) is 52.4 Å². The number of nitrogens with two attached hydrogens (primary N) is 1. The van der Waals surface area contributed by atoms with E-state index in [0.717, 1.165) is 28.3 Å². The van der Waals surface area contributed by atoms with Gasteiger partial charge in [0.15, 0.2) is 5.96 Å². The van der Waals surface area contributed by atoms with E-state index >= 15 is 0 Å². The highest BCUT2D eigenvalue weighted by atomic mass is 127. The molecule has 0 spiro atoms. The summed E-state index contributed by atoms with van der Waals surface area (Å²) in [5, 5.41) is 10.9. The number of sulfonamides is 1. The Balaban J connectivity index is 0.00000364. The average Bonchev–Trinajstić information content (AvgIpc) is 3.04. The minimum absolute atomic E-state index is 0. The van der Waals surface area contributed by atoms with Gasteiger partial charge < -0.3 is 10.6 Å². The summed E-state index contributed by atoms with van der Waals surface area (Å²) in [5.41, 5.74) is -0.260. The molecule has 0 aliphatic heterocycles. The van der Waals surface area contributed by atoms with Crippen LogP contribution in [0, 0.1) is 0 Å². The molecule has 0 saturated carbocycles. The third-order valence-corrected chi connectivity index (χ3v) is 5.81. The number of rotatable bonds is 5. The molecule has 1 heterocycles. The lowest BCUT2D eigenvalue weighted by molar-refractivity contribution is -0.137. The maximum atomic E-state index is 12.7. The van der Waals surface area contributed by atoms with Crippen LogP contribution in [0.5, 0.6) is 0 Å². The maximum absolute atomic E-state index is 12.7. The Hall–Kier alpha value is -1.38. The van der Waals surface area contributed by atoms with Gasteiger partial charge in [-0.05, 0) is 29.8 Å². The summed E-state index contributed by atoms with van der Waals surface area (Å²) in [6.45, 7) is 0.443. The van der Waals surface area contributed by atoms with E-state index in [9.17, 15) is 21.6 Å². The molecule has 2 aromatic rings. The van der Waals surface area contributed by atoms with Crippen molar-refractivity contribution in [2.24, 2.45) is 10.1 Å². The Morgan fingerprint density at radius 3 is 2.41 bits per heavy atom. The molecule has 0 fully saturated rings. The molecular weight excluding hydrogens is 516 g/mol. The molecule has 12 heteroatoms. The van der Waals surface area contributed by atoms with E-state index in [-0.39, 0.29) is 34.7 Å². The summed E-state index contributed by atoms with van der Waals surface area (Å²) < 4.78 is 60.7. The predicted octanol–water partition coefficient (Wildman–Crippen LogP) is 2.90. The van der Waals surface area contributed by atoms with Gasteiger partial charge in [0.2, 0.25) is 10.0 Å². The zero-order valence-electron chi connectivity index (χ0n) is 14.1. The Morgan fingerprint density at radius 2 is 1.85 bits per heavy atom. The summed E-state index contributed by atoms with van der Waals surface area (Å²) in [7, 11) is -2.22. The van der Waals surface area contributed by atoms with E-state index in [1.807, 2.05) is 0 Å². The summed E-state index contributed by atoms with van der Waals surface area (Å²) in [5.74, 6) is 0.368. The molecule has 0 atom stereocenters. The number of hydrogen-bond acceptors (Lipinski definition) is 4. The van der Waals surface area contributed by atoms with E-state index in [4.69, 9.17) is 5.14 Å². The van der Waals surface area contributed by atoms with Crippen molar-refractivity contribution in [1.82, 2.24) is 10.6 Å². The van der Waals surface area contributed by atoms with Crippen LogP contribution in [0.4, 0.5) is 13.2 Å². The van der Waals surface area contributed by atoms with Crippen LogP contribution in [0.2, 0.25) is 0 Å². The molecule has 150 valence electrons. The molecular formula is C15H18F3IN4O2S2. The number of nitrogens with zero attached hydrogens (tertiary/aromatic N) is 1. The van der Waals surface area contributed by atoms with E-state index in [2.05, 4.69) is 15.6 Å². The van der Waals surface area contributed by atoms with Crippen LogP contribution < -0.4 is 15.8 Å². The van der Waals surface area contributed by atoms with Crippen molar-refractivity contribution in [3.63, 3.8) is 0 Å². The summed E-state index contributed by atoms with van der Waals surface area (Å²) in [6, 6.07) is 8.03. The standard InChI is InChI=1S/C15H17F3N4O2S2.HI/c1-20-14(22-9-12-5-6-13(25-12)26(19,23)24)21-8-10-3-2-4-11(7-10)15(16,17)18;/h2-7H,8-9H2,1H3,(H2,19,23,24)(H2,20,21,22);1H. The first kappa shape index (κ1) is 23.7. The Labute approximate surface area is 176 Å². The molecule has 2 rings (SSSR count). The normalized spacial score (nSPS) is 12.4. The van der Waals surface area contributed by atoms with Gasteiger partial charge >= 0.3 is 6.18 Å². The minimum Gasteiger partial charge on any atom is -0.352 e. The Kier molecular flexibility index (Phi) is 8.50. The molecule has 4 N–H and O–H groups in total. The molecule has 0 bridgehead atoms. The van der Waals surface area contributed by atoms with Crippen LogP contribution in [0.1, 0.15) is 16.0 Å². The van der Waals surface area contributed by atoms with Crippen LogP contribution in [0.25, 0.3) is 0 Å². The van der Waals surface area contributed by atoms with E-state index in [1.54, 1.807) is 12.1 Å². The number of halogens is 4. The zero-order valence-corrected chi connectivity index (χ0v) is 18.0. The number of alkyl halides is 3. The smallest absolute Gasteiger partial charge is 0.352 e. The van der Waals surface area contributed by atoms with Crippen molar-refractivity contribution < 1.29 is 21.6 Å².